The number of rotatable bonds is 1. The van der Waals surface area contributed by atoms with Gasteiger partial charge in [-0.1, -0.05) is 66.7 Å². The first-order valence-corrected chi connectivity index (χ1v) is 11.4. The lowest BCUT2D eigenvalue weighted by atomic mass is 10.00. The molecule has 0 fully saturated rings. The highest BCUT2D eigenvalue weighted by atomic mass is 14.9. The minimum absolute atomic E-state index is 1.26. The summed E-state index contributed by atoms with van der Waals surface area (Å²) in [6, 6.07) is 37.9. The fourth-order valence-corrected chi connectivity index (χ4v) is 5.96. The van der Waals surface area contributed by atoms with Crippen molar-refractivity contribution in [3.05, 3.63) is 103 Å². The van der Waals surface area contributed by atoms with Crippen molar-refractivity contribution in [2.24, 2.45) is 7.05 Å². The normalized spacial score (nSPS) is 12.4. The number of para-hydroxylation sites is 3. The molecule has 3 aromatic heterocycles. The molecule has 8 rings (SSSR count). The van der Waals surface area contributed by atoms with Crippen LogP contribution in [0.1, 0.15) is 0 Å². The lowest BCUT2D eigenvalue weighted by Crippen LogP contribution is -1.86. The van der Waals surface area contributed by atoms with Crippen LogP contribution in [0.25, 0.3) is 71.0 Å². The molecular weight excluding hydrogens is 400 g/mol. The summed E-state index contributed by atoms with van der Waals surface area (Å²) in [5.74, 6) is 0. The van der Waals surface area contributed by atoms with Gasteiger partial charge in [0.2, 0.25) is 0 Å². The van der Waals surface area contributed by atoms with Crippen molar-refractivity contribution >= 4 is 59.9 Å². The molecule has 3 heterocycles. The SMILES string of the molecule is Cn1c2ccccc2c2cc(-c3ccc4c(c3)c3cccc5c6ccccc6n4c53)ccc21. The molecular formula is C31H20N2. The maximum Gasteiger partial charge on any atom is 0.0620 e. The van der Waals surface area contributed by atoms with Crippen molar-refractivity contribution in [1.82, 2.24) is 8.97 Å². The van der Waals surface area contributed by atoms with Crippen LogP contribution >= 0.6 is 0 Å². The summed E-state index contributed by atoms with van der Waals surface area (Å²) in [6.45, 7) is 0. The first kappa shape index (κ1) is 17.3. The highest BCUT2D eigenvalue weighted by Crippen LogP contribution is 2.40. The second-order valence-electron chi connectivity index (χ2n) is 9.09. The van der Waals surface area contributed by atoms with Gasteiger partial charge in [-0.15, -0.1) is 0 Å². The highest BCUT2D eigenvalue weighted by molar-refractivity contribution is 6.23. The molecule has 0 aliphatic heterocycles. The number of benzene rings is 5. The van der Waals surface area contributed by atoms with Gasteiger partial charge in [-0.2, -0.15) is 0 Å². The van der Waals surface area contributed by atoms with Gasteiger partial charge < -0.3 is 8.97 Å². The number of aryl methyl sites for hydroxylation is 1. The summed E-state index contributed by atoms with van der Waals surface area (Å²) < 4.78 is 4.73. The van der Waals surface area contributed by atoms with Crippen LogP contribution in [-0.4, -0.2) is 8.97 Å². The van der Waals surface area contributed by atoms with Gasteiger partial charge in [0.15, 0.2) is 0 Å². The average molecular weight is 421 g/mol. The lowest BCUT2D eigenvalue weighted by molar-refractivity contribution is 1.01. The molecule has 0 aliphatic carbocycles. The summed E-state index contributed by atoms with van der Waals surface area (Å²) in [6.07, 6.45) is 0. The Balaban J connectivity index is 1.44. The zero-order valence-electron chi connectivity index (χ0n) is 18.2. The van der Waals surface area contributed by atoms with Gasteiger partial charge in [0.1, 0.15) is 0 Å². The molecule has 5 aromatic carbocycles. The van der Waals surface area contributed by atoms with E-state index in [2.05, 4.69) is 119 Å². The van der Waals surface area contributed by atoms with Gasteiger partial charge in [0.05, 0.1) is 16.6 Å². The molecule has 0 N–H and O–H groups in total. The summed E-state index contributed by atoms with van der Waals surface area (Å²) in [5.41, 5.74) is 8.95. The highest BCUT2D eigenvalue weighted by Gasteiger charge is 2.17. The summed E-state index contributed by atoms with van der Waals surface area (Å²) in [5, 5.41) is 7.92. The molecule has 0 bridgehead atoms. The van der Waals surface area contributed by atoms with E-state index in [1.54, 1.807) is 0 Å². The molecule has 154 valence electrons. The van der Waals surface area contributed by atoms with E-state index < -0.39 is 0 Å². The van der Waals surface area contributed by atoms with Crippen LogP contribution in [0.2, 0.25) is 0 Å². The Hall–Kier alpha value is -4.30. The third-order valence-corrected chi connectivity index (χ3v) is 7.47. The maximum absolute atomic E-state index is 2.44. The van der Waals surface area contributed by atoms with E-state index in [0.717, 1.165) is 0 Å². The van der Waals surface area contributed by atoms with Crippen LogP contribution in [0.4, 0.5) is 0 Å². The van der Waals surface area contributed by atoms with Crippen LogP contribution < -0.4 is 0 Å². The van der Waals surface area contributed by atoms with Crippen LogP contribution in [0.3, 0.4) is 0 Å². The van der Waals surface area contributed by atoms with E-state index in [9.17, 15) is 0 Å². The first-order valence-electron chi connectivity index (χ1n) is 11.4. The Morgan fingerprint density at radius 2 is 0.909 bits per heavy atom. The molecule has 0 saturated carbocycles. The van der Waals surface area contributed by atoms with Gasteiger partial charge in [-0.25, -0.2) is 0 Å². The van der Waals surface area contributed by atoms with Crippen molar-refractivity contribution in [3.8, 4) is 11.1 Å². The maximum atomic E-state index is 2.44. The molecule has 2 nitrogen and oxygen atoms in total. The van der Waals surface area contributed by atoms with Crippen LogP contribution in [0.5, 0.6) is 0 Å². The third kappa shape index (κ3) is 2.08. The van der Waals surface area contributed by atoms with Gasteiger partial charge >= 0.3 is 0 Å². The van der Waals surface area contributed by atoms with Crippen LogP contribution in [-0.2, 0) is 7.05 Å². The van der Waals surface area contributed by atoms with E-state index in [4.69, 9.17) is 0 Å². The predicted octanol–water partition coefficient (Wildman–Crippen LogP) is 8.15. The Morgan fingerprint density at radius 3 is 1.67 bits per heavy atom. The molecule has 8 aromatic rings. The molecule has 0 radical (unpaired) electrons. The van der Waals surface area contributed by atoms with Gasteiger partial charge in [-0.3, -0.25) is 0 Å². The summed E-state index contributed by atoms with van der Waals surface area (Å²) >= 11 is 0. The molecule has 0 saturated heterocycles. The van der Waals surface area contributed by atoms with Crippen molar-refractivity contribution in [2.75, 3.05) is 0 Å². The molecule has 0 unspecified atom stereocenters. The van der Waals surface area contributed by atoms with Crippen LogP contribution in [0, 0.1) is 0 Å². The third-order valence-electron chi connectivity index (χ3n) is 7.47. The lowest BCUT2D eigenvalue weighted by Gasteiger charge is -2.05. The van der Waals surface area contributed by atoms with Gasteiger partial charge in [0.25, 0.3) is 0 Å². The topological polar surface area (TPSA) is 9.34 Å². The van der Waals surface area contributed by atoms with Gasteiger partial charge in [-0.05, 0) is 47.5 Å². The summed E-state index contributed by atoms with van der Waals surface area (Å²) in [4.78, 5) is 0. The molecule has 0 atom stereocenters. The predicted molar refractivity (Wildman–Crippen MR) is 141 cm³/mol. The molecule has 33 heavy (non-hydrogen) atoms. The van der Waals surface area contributed by atoms with E-state index in [0.29, 0.717) is 0 Å². The van der Waals surface area contributed by atoms with E-state index in [-0.39, 0.29) is 0 Å². The minimum atomic E-state index is 1.26. The molecule has 0 spiro atoms. The number of hydrogen-bond donors (Lipinski definition) is 0. The van der Waals surface area contributed by atoms with E-state index in [1.807, 2.05) is 0 Å². The Kier molecular flexibility index (Phi) is 3.11. The zero-order chi connectivity index (χ0) is 21.7. The standard InChI is InChI=1S/C31H20N2/c1-32-27-11-4-2-8-22(27)25-17-19(13-15-28(25)32)20-14-16-30-26(18-20)24-10-6-9-23-21-7-3-5-12-29(21)33(30)31(23)24/h2-18H,1H3. The quantitative estimate of drug-likeness (QED) is 0.253. The molecule has 0 amide bonds. The summed E-state index contributed by atoms with van der Waals surface area (Å²) in [7, 11) is 2.15. The Morgan fingerprint density at radius 1 is 0.424 bits per heavy atom. The van der Waals surface area contributed by atoms with Crippen molar-refractivity contribution < 1.29 is 0 Å². The van der Waals surface area contributed by atoms with Crippen molar-refractivity contribution in [3.63, 3.8) is 0 Å². The van der Waals surface area contributed by atoms with E-state index >= 15 is 0 Å². The monoisotopic (exact) mass is 420 g/mol. The fraction of sp³-hybridized carbons (Fsp3) is 0.0323. The van der Waals surface area contributed by atoms with Crippen LogP contribution in [0.15, 0.2) is 103 Å². The zero-order valence-corrected chi connectivity index (χ0v) is 18.2. The largest absolute Gasteiger partial charge is 0.344 e. The Bertz CT molecular complexity index is 2030. The van der Waals surface area contributed by atoms with Crippen molar-refractivity contribution in [1.29, 1.82) is 0 Å². The first-order chi connectivity index (χ1) is 16.3. The number of hydrogen-bond acceptors (Lipinski definition) is 0. The molecule has 0 aliphatic rings. The Labute approximate surface area is 190 Å². The minimum Gasteiger partial charge on any atom is -0.344 e. The number of aromatic nitrogens is 2. The van der Waals surface area contributed by atoms with Gasteiger partial charge in [0, 0.05) is 50.4 Å². The smallest absolute Gasteiger partial charge is 0.0620 e. The second-order valence-corrected chi connectivity index (χ2v) is 9.09. The van der Waals surface area contributed by atoms with E-state index in [1.165, 1.54) is 71.0 Å². The second kappa shape index (κ2) is 5.93. The fourth-order valence-electron chi connectivity index (χ4n) is 5.96. The number of nitrogens with zero attached hydrogens (tertiary/aromatic N) is 2. The molecule has 2 heteroatoms. The average Bonchev–Trinajstić information content (AvgIpc) is 3.49. The number of fused-ring (bicyclic) bond motifs is 9. The van der Waals surface area contributed by atoms with Crippen molar-refractivity contribution in [2.45, 2.75) is 0 Å².